The maximum Gasteiger partial charge on any atom is 0.329 e. The maximum absolute atomic E-state index is 12.7. The van der Waals surface area contributed by atoms with Gasteiger partial charge in [0.2, 0.25) is 5.89 Å². The van der Waals surface area contributed by atoms with Gasteiger partial charge in [0.1, 0.15) is 11.3 Å². The van der Waals surface area contributed by atoms with Crippen LogP contribution in [0.1, 0.15) is 54.8 Å². The third-order valence-corrected chi connectivity index (χ3v) is 4.75. The zero-order valence-electron chi connectivity index (χ0n) is 14.2. The molecule has 1 amide bonds. The molecule has 2 N–H and O–H groups in total. The van der Waals surface area contributed by atoms with Crippen molar-refractivity contribution in [1.82, 2.24) is 10.3 Å². The zero-order chi connectivity index (χ0) is 17.9. The smallest absolute Gasteiger partial charge is 0.329 e. The lowest BCUT2D eigenvalue weighted by atomic mass is 9.90. The number of aromatic nitrogens is 1. The van der Waals surface area contributed by atoms with Crippen molar-refractivity contribution in [3.63, 3.8) is 0 Å². The number of aliphatic carboxylic acids is 1. The predicted molar refractivity (Wildman–Crippen MR) is 92.2 cm³/mol. The Bertz CT molecular complexity index is 759. The van der Waals surface area contributed by atoms with Crippen LogP contribution < -0.4 is 5.32 Å². The molecule has 1 aromatic carbocycles. The number of amides is 1. The monoisotopic (exact) mass is 342 g/mol. The fraction of sp³-hybridized carbons (Fsp3) is 0.421. The molecule has 0 spiro atoms. The summed E-state index contributed by atoms with van der Waals surface area (Å²) in [6.07, 6.45) is 4.45. The largest absolute Gasteiger partial charge is 0.480 e. The number of hydrogen-bond acceptors (Lipinski definition) is 4. The van der Waals surface area contributed by atoms with Crippen LogP contribution in [0.5, 0.6) is 0 Å². The predicted octanol–water partition coefficient (Wildman–Crippen LogP) is 3.56. The molecular formula is C19H22N2O4. The third-order valence-electron chi connectivity index (χ3n) is 4.75. The Morgan fingerprint density at radius 3 is 2.36 bits per heavy atom. The second-order valence-electron chi connectivity index (χ2n) is 6.55. The Morgan fingerprint density at radius 2 is 1.76 bits per heavy atom. The highest BCUT2D eigenvalue weighted by molar-refractivity contribution is 5.97. The Kier molecular flexibility index (Phi) is 4.88. The zero-order valence-corrected chi connectivity index (χ0v) is 14.2. The summed E-state index contributed by atoms with van der Waals surface area (Å²) >= 11 is 0. The number of nitrogens with zero attached hydrogens (tertiary/aromatic N) is 1. The first-order chi connectivity index (χ1) is 12.0. The van der Waals surface area contributed by atoms with E-state index in [2.05, 4.69) is 10.3 Å². The second kappa shape index (κ2) is 7.09. The molecule has 1 aliphatic rings. The van der Waals surface area contributed by atoms with Crippen LogP contribution in [0, 0.1) is 6.92 Å². The molecule has 1 fully saturated rings. The third kappa shape index (κ3) is 3.57. The summed E-state index contributed by atoms with van der Waals surface area (Å²) < 4.78 is 5.61. The topological polar surface area (TPSA) is 92.4 Å². The van der Waals surface area contributed by atoms with Gasteiger partial charge in [-0.1, -0.05) is 43.9 Å². The SMILES string of the molecule is Cc1oc(-c2ccccc2)nc1C(=O)NC1(C(=O)O)CCCCCC1. The molecule has 1 saturated carbocycles. The van der Waals surface area contributed by atoms with Crippen molar-refractivity contribution in [1.29, 1.82) is 0 Å². The lowest BCUT2D eigenvalue weighted by molar-refractivity contribution is -0.145. The van der Waals surface area contributed by atoms with Gasteiger partial charge in [0.15, 0.2) is 5.69 Å². The van der Waals surface area contributed by atoms with E-state index >= 15 is 0 Å². The van der Waals surface area contributed by atoms with Crippen molar-refractivity contribution in [2.24, 2.45) is 0 Å². The molecule has 1 heterocycles. The minimum Gasteiger partial charge on any atom is -0.480 e. The van der Waals surface area contributed by atoms with E-state index in [0.717, 1.165) is 31.2 Å². The summed E-state index contributed by atoms with van der Waals surface area (Å²) in [5.74, 6) is -0.737. The van der Waals surface area contributed by atoms with Crippen LogP contribution in [0.25, 0.3) is 11.5 Å². The number of carboxylic acids is 1. The van der Waals surface area contributed by atoms with Gasteiger partial charge in [-0.05, 0) is 31.9 Å². The molecule has 132 valence electrons. The van der Waals surface area contributed by atoms with Crippen LogP contribution in [-0.2, 0) is 4.79 Å². The standard InChI is InChI=1S/C19H22N2O4/c1-13-15(20-17(25-13)14-9-5-4-6-10-14)16(22)21-19(18(23)24)11-7-2-3-8-12-19/h4-6,9-10H,2-3,7-8,11-12H2,1H3,(H,21,22)(H,23,24). The maximum atomic E-state index is 12.7. The number of rotatable bonds is 4. The van der Waals surface area contributed by atoms with Crippen LogP contribution in [0.4, 0.5) is 0 Å². The molecular weight excluding hydrogens is 320 g/mol. The number of carboxylic acid groups (broad SMARTS) is 1. The number of carbonyl (C=O) groups is 2. The summed E-state index contributed by atoms with van der Waals surface area (Å²) in [7, 11) is 0. The number of aryl methyl sites for hydroxylation is 1. The molecule has 0 atom stereocenters. The minimum atomic E-state index is -1.22. The van der Waals surface area contributed by atoms with Gasteiger partial charge in [0.25, 0.3) is 5.91 Å². The molecule has 6 heteroatoms. The van der Waals surface area contributed by atoms with E-state index in [-0.39, 0.29) is 5.69 Å². The van der Waals surface area contributed by atoms with E-state index < -0.39 is 17.4 Å². The van der Waals surface area contributed by atoms with Gasteiger partial charge in [-0.15, -0.1) is 0 Å². The van der Waals surface area contributed by atoms with E-state index in [0.29, 0.717) is 24.5 Å². The van der Waals surface area contributed by atoms with Crippen molar-refractivity contribution in [3.05, 3.63) is 41.8 Å². The first-order valence-corrected chi connectivity index (χ1v) is 8.61. The number of carbonyl (C=O) groups excluding carboxylic acids is 1. The molecule has 1 aromatic heterocycles. The Labute approximate surface area is 146 Å². The van der Waals surface area contributed by atoms with Gasteiger partial charge in [-0.25, -0.2) is 9.78 Å². The summed E-state index contributed by atoms with van der Waals surface area (Å²) in [5.41, 5.74) is -0.304. The van der Waals surface area contributed by atoms with E-state index in [1.807, 2.05) is 30.3 Å². The van der Waals surface area contributed by atoms with Crippen LogP contribution in [0.15, 0.2) is 34.7 Å². The fourth-order valence-corrected chi connectivity index (χ4v) is 3.31. The molecule has 3 rings (SSSR count). The van der Waals surface area contributed by atoms with Gasteiger partial charge < -0.3 is 14.8 Å². The van der Waals surface area contributed by atoms with Crippen LogP contribution in [0.2, 0.25) is 0 Å². The van der Waals surface area contributed by atoms with Gasteiger partial charge in [-0.2, -0.15) is 0 Å². The van der Waals surface area contributed by atoms with E-state index in [9.17, 15) is 14.7 Å². The van der Waals surface area contributed by atoms with Crippen LogP contribution in [-0.4, -0.2) is 27.5 Å². The molecule has 1 aliphatic carbocycles. The molecule has 0 saturated heterocycles. The normalized spacial score (nSPS) is 16.8. The number of nitrogens with one attached hydrogen (secondary N) is 1. The highest BCUT2D eigenvalue weighted by atomic mass is 16.4. The van der Waals surface area contributed by atoms with Gasteiger partial charge >= 0.3 is 5.97 Å². The van der Waals surface area contributed by atoms with Crippen molar-refractivity contribution >= 4 is 11.9 Å². The summed E-state index contributed by atoms with van der Waals surface area (Å²) in [6.45, 7) is 1.66. The quantitative estimate of drug-likeness (QED) is 0.829. The summed E-state index contributed by atoms with van der Waals surface area (Å²) in [5, 5.41) is 12.4. The van der Waals surface area contributed by atoms with Crippen molar-refractivity contribution < 1.29 is 19.1 Å². The second-order valence-corrected chi connectivity index (χ2v) is 6.55. The first kappa shape index (κ1) is 17.2. The lowest BCUT2D eigenvalue weighted by Crippen LogP contribution is -2.54. The van der Waals surface area contributed by atoms with Crippen molar-refractivity contribution in [3.8, 4) is 11.5 Å². The average molecular weight is 342 g/mol. The molecule has 0 unspecified atom stereocenters. The fourth-order valence-electron chi connectivity index (χ4n) is 3.31. The highest BCUT2D eigenvalue weighted by Crippen LogP contribution is 2.28. The lowest BCUT2D eigenvalue weighted by Gasteiger charge is -2.28. The van der Waals surface area contributed by atoms with E-state index in [1.165, 1.54) is 0 Å². The molecule has 0 bridgehead atoms. The van der Waals surface area contributed by atoms with E-state index in [4.69, 9.17) is 4.42 Å². The van der Waals surface area contributed by atoms with Gasteiger partial charge in [-0.3, -0.25) is 4.79 Å². The Morgan fingerprint density at radius 1 is 1.12 bits per heavy atom. The molecule has 0 radical (unpaired) electrons. The van der Waals surface area contributed by atoms with Gasteiger partial charge in [0.05, 0.1) is 0 Å². The highest BCUT2D eigenvalue weighted by Gasteiger charge is 2.41. The number of oxazole rings is 1. The van der Waals surface area contributed by atoms with Gasteiger partial charge in [0, 0.05) is 5.56 Å². The number of hydrogen-bond donors (Lipinski definition) is 2. The Hall–Kier alpha value is -2.63. The van der Waals surface area contributed by atoms with Crippen LogP contribution >= 0.6 is 0 Å². The van der Waals surface area contributed by atoms with Crippen molar-refractivity contribution in [2.75, 3.05) is 0 Å². The summed E-state index contributed by atoms with van der Waals surface area (Å²) in [4.78, 5) is 28.8. The van der Waals surface area contributed by atoms with Crippen LogP contribution in [0.3, 0.4) is 0 Å². The minimum absolute atomic E-state index is 0.142. The molecule has 6 nitrogen and oxygen atoms in total. The average Bonchev–Trinajstić information content (AvgIpc) is 2.84. The van der Waals surface area contributed by atoms with Crippen molar-refractivity contribution in [2.45, 2.75) is 51.0 Å². The molecule has 0 aliphatic heterocycles. The van der Waals surface area contributed by atoms with E-state index in [1.54, 1.807) is 6.92 Å². The molecule has 25 heavy (non-hydrogen) atoms. The number of benzene rings is 1. The molecule has 2 aromatic rings. The Balaban J connectivity index is 1.85. The summed E-state index contributed by atoms with van der Waals surface area (Å²) in [6, 6.07) is 9.29. The first-order valence-electron chi connectivity index (χ1n) is 8.61.